The van der Waals surface area contributed by atoms with E-state index in [-0.39, 0.29) is 11.5 Å². The van der Waals surface area contributed by atoms with Crippen LogP contribution in [0.2, 0.25) is 0 Å². The fourth-order valence-corrected chi connectivity index (χ4v) is 5.51. The summed E-state index contributed by atoms with van der Waals surface area (Å²) < 4.78 is 7.77. The van der Waals surface area contributed by atoms with Crippen molar-refractivity contribution in [2.24, 2.45) is 10.9 Å². The van der Waals surface area contributed by atoms with Crippen LogP contribution in [0.1, 0.15) is 37.3 Å². The van der Waals surface area contributed by atoms with E-state index in [1.54, 1.807) is 4.57 Å². The number of carbonyl (C=O) groups is 1. The average Bonchev–Trinajstić information content (AvgIpc) is 3.40. The van der Waals surface area contributed by atoms with Gasteiger partial charge in [-0.05, 0) is 48.1 Å². The summed E-state index contributed by atoms with van der Waals surface area (Å²) in [7, 11) is 3.98. The van der Waals surface area contributed by atoms with Gasteiger partial charge in [-0.3, -0.25) is 9.36 Å². The number of benzene rings is 1. The summed E-state index contributed by atoms with van der Waals surface area (Å²) in [6, 6.07) is 11.3. The Labute approximate surface area is 200 Å². The first-order valence-electron chi connectivity index (χ1n) is 10.8. The molecule has 0 saturated heterocycles. The quantitative estimate of drug-likeness (QED) is 0.505. The number of nitrogens with zero attached hydrogens (tertiary/aromatic N) is 3. The van der Waals surface area contributed by atoms with Crippen molar-refractivity contribution >= 4 is 40.4 Å². The molecule has 33 heavy (non-hydrogen) atoms. The van der Waals surface area contributed by atoms with E-state index in [0.717, 1.165) is 16.1 Å². The summed E-state index contributed by atoms with van der Waals surface area (Å²) in [5, 5.41) is 1.95. The normalized spacial score (nSPS) is 16.1. The SMILES string of the molecule is CC1=C(C(=O)OCC(C)C)C(c2cccs2)n2c(sc(=Cc3ccc(N(C)C)cc3)c2=O)=N1. The van der Waals surface area contributed by atoms with Gasteiger partial charge in [0.25, 0.3) is 5.56 Å². The number of hydrogen-bond acceptors (Lipinski definition) is 7. The van der Waals surface area contributed by atoms with Crippen molar-refractivity contribution in [3.63, 3.8) is 0 Å². The third-order valence-electron chi connectivity index (χ3n) is 5.31. The van der Waals surface area contributed by atoms with Crippen LogP contribution >= 0.6 is 22.7 Å². The average molecular weight is 482 g/mol. The summed E-state index contributed by atoms with van der Waals surface area (Å²) in [4.78, 5) is 34.8. The number of thiazole rings is 1. The van der Waals surface area contributed by atoms with E-state index >= 15 is 0 Å². The Balaban J connectivity index is 1.82. The molecule has 0 spiro atoms. The zero-order chi connectivity index (χ0) is 23.7. The molecule has 6 nitrogen and oxygen atoms in total. The number of ether oxygens (including phenoxy) is 1. The Morgan fingerprint density at radius 2 is 1.97 bits per heavy atom. The van der Waals surface area contributed by atoms with Crippen molar-refractivity contribution < 1.29 is 9.53 Å². The number of anilines is 1. The molecule has 2 aromatic heterocycles. The largest absolute Gasteiger partial charge is 0.462 e. The second-order valence-electron chi connectivity index (χ2n) is 8.58. The van der Waals surface area contributed by atoms with Crippen LogP contribution in [0.15, 0.2) is 62.8 Å². The van der Waals surface area contributed by atoms with Crippen LogP contribution in [0.3, 0.4) is 0 Å². The summed E-state index contributed by atoms with van der Waals surface area (Å²) in [5.74, 6) is -0.202. The highest BCUT2D eigenvalue weighted by Gasteiger charge is 2.34. The van der Waals surface area contributed by atoms with Crippen molar-refractivity contribution in [2.45, 2.75) is 26.8 Å². The minimum atomic E-state index is -0.542. The molecule has 1 unspecified atom stereocenters. The topological polar surface area (TPSA) is 63.9 Å². The Bertz CT molecular complexity index is 1360. The molecule has 8 heteroatoms. The molecule has 3 aromatic rings. The van der Waals surface area contributed by atoms with Gasteiger partial charge in [0.1, 0.15) is 6.04 Å². The maximum absolute atomic E-state index is 13.5. The van der Waals surface area contributed by atoms with E-state index in [2.05, 4.69) is 4.99 Å². The molecule has 0 bridgehead atoms. The number of thiophene rings is 1. The molecule has 1 aliphatic heterocycles. The minimum Gasteiger partial charge on any atom is -0.462 e. The van der Waals surface area contributed by atoms with Crippen LogP contribution in [0.4, 0.5) is 5.69 Å². The highest BCUT2D eigenvalue weighted by atomic mass is 32.1. The standard InChI is InChI=1S/C25H27N3O3S2/c1-15(2)14-31-24(30)21-16(3)26-25-28(22(21)19-7-6-12-32-19)23(29)20(33-25)13-17-8-10-18(11-9-17)27(4)5/h6-13,15,22H,14H2,1-5H3. The van der Waals surface area contributed by atoms with Gasteiger partial charge in [-0.15, -0.1) is 11.3 Å². The van der Waals surface area contributed by atoms with E-state index in [0.29, 0.717) is 27.2 Å². The van der Waals surface area contributed by atoms with E-state index in [9.17, 15) is 9.59 Å². The van der Waals surface area contributed by atoms with Crippen molar-refractivity contribution in [1.82, 2.24) is 4.57 Å². The lowest BCUT2D eigenvalue weighted by Crippen LogP contribution is -2.39. The molecule has 0 aliphatic carbocycles. The van der Waals surface area contributed by atoms with Gasteiger partial charge in [-0.25, -0.2) is 9.79 Å². The van der Waals surface area contributed by atoms with E-state index in [4.69, 9.17) is 4.74 Å². The summed E-state index contributed by atoms with van der Waals surface area (Å²) >= 11 is 2.85. The van der Waals surface area contributed by atoms with Crippen LogP contribution in [0, 0.1) is 5.92 Å². The third kappa shape index (κ3) is 4.72. The molecule has 3 heterocycles. The van der Waals surface area contributed by atoms with Crippen LogP contribution in [-0.2, 0) is 9.53 Å². The number of carbonyl (C=O) groups excluding carboxylic acids is 1. The highest BCUT2D eigenvalue weighted by Crippen LogP contribution is 2.33. The van der Waals surface area contributed by atoms with Crippen LogP contribution in [-0.4, -0.2) is 31.2 Å². The molecule has 0 radical (unpaired) electrons. The molecular formula is C25H27N3O3S2. The zero-order valence-corrected chi connectivity index (χ0v) is 21.0. The molecule has 1 aliphatic rings. The van der Waals surface area contributed by atoms with Gasteiger partial charge in [0.15, 0.2) is 4.80 Å². The summed E-state index contributed by atoms with van der Waals surface area (Å²) in [6.07, 6.45) is 1.88. The predicted octanol–water partition coefficient (Wildman–Crippen LogP) is 3.56. The zero-order valence-electron chi connectivity index (χ0n) is 19.4. The van der Waals surface area contributed by atoms with Crippen molar-refractivity contribution in [1.29, 1.82) is 0 Å². The molecule has 0 N–H and O–H groups in total. The van der Waals surface area contributed by atoms with Crippen LogP contribution in [0.5, 0.6) is 0 Å². The van der Waals surface area contributed by atoms with Crippen molar-refractivity contribution in [2.75, 3.05) is 25.6 Å². The van der Waals surface area contributed by atoms with Gasteiger partial charge < -0.3 is 9.64 Å². The molecule has 0 fully saturated rings. The van der Waals surface area contributed by atoms with Gasteiger partial charge >= 0.3 is 5.97 Å². The highest BCUT2D eigenvalue weighted by molar-refractivity contribution is 7.10. The van der Waals surface area contributed by atoms with Crippen molar-refractivity contribution in [3.05, 3.63) is 83.2 Å². The first kappa shape index (κ1) is 23.2. The van der Waals surface area contributed by atoms with E-state index in [1.165, 1.54) is 22.7 Å². The lowest BCUT2D eigenvalue weighted by atomic mass is 10.0. The lowest BCUT2D eigenvalue weighted by Gasteiger charge is -2.23. The minimum absolute atomic E-state index is 0.157. The smallest absolute Gasteiger partial charge is 0.338 e. The fourth-order valence-electron chi connectivity index (χ4n) is 3.64. The maximum Gasteiger partial charge on any atom is 0.338 e. The summed E-state index contributed by atoms with van der Waals surface area (Å²) in [5.41, 5.74) is 2.88. The second kappa shape index (κ2) is 9.49. The van der Waals surface area contributed by atoms with Crippen LogP contribution < -0.4 is 19.8 Å². The van der Waals surface area contributed by atoms with Gasteiger partial charge in [-0.1, -0.05) is 43.4 Å². The molecule has 1 aromatic carbocycles. The first-order chi connectivity index (χ1) is 15.8. The third-order valence-corrected chi connectivity index (χ3v) is 7.22. The number of esters is 1. The Kier molecular flexibility index (Phi) is 6.67. The van der Waals surface area contributed by atoms with Crippen LogP contribution in [0.25, 0.3) is 6.08 Å². The number of rotatable bonds is 6. The summed E-state index contributed by atoms with van der Waals surface area (Å²) in [6.45, 7) is 6.11. The monoisotopic (exact) mass is 481 g/mol. The molecule has 0 amide bonds. The first-order valence-corrected chi connectivity index (χ1v) is 12.5. The fraction of sp³-hybridized carbons (Fsp3) is 0.320. The molecule has 1 atom stereocenters. The Morgan fingerprint density at radius 3 is 2.58 bits per heavy atom. The van der Waals surface area contributed by atoms with E-state index < -0.39 is 12.0 Å². The number of fused-ring (bicyclic) bond motifs is 1. The molecular weight excluding hydrogens is 454 g/mol. The lowest BCUT2D eigenvalue weighted by molar-refractivity contribution is -0.140. The van der Waals surface area contributed by atoms with Crippen molar-refractivity contribution in [3.8, 4) is 0 Å². The van der Waals surface area contributed by atoms with E-state index in [1.807, 2.05) is 87.6 Å². The number of hydrogen-bond donors (Lipinski definition) is 0. The van der Waals surface area contributed by atoms with Gasteiger partial charge in [0.2, 0.25) is 0 Å². The Morgan fingerprint density at radius 1 is 1.24 bits per heavy atom. The second-order valence-corrected chi connectivity index (χ2v) is 10.6. The molecule has 4 rings (SSSR count). The van der Waals surface area contributed by atoms with Gasteiger partial charge in [-0.2, -0.15) is 0 Å². The predicted molar refractivity (Wildman–Crippen MR) is 135 cm³/mol. The Hall–Kier alpha value is -2.97. The number of allylic oxidation sites excluding steroid dienone is 1. The maximum atomic E-state index is 13.5. The van der Waals surface area contributed by atoms with Gasteiger partial charge in [0, 0.05) is 24.7 Å². The number of aromatic nitrogens is 1. The molecule has 0 saturated carbocycles. The van der Waals surface area contributed by atoms with Gasteiger partial charge in [0.05, 0.1) is 22.4 Å². The molecule has 172 valence electrons.